The summed E-state index contributed by atoms with van der Waals surface area (Å²) < 4.78 is 2.75. The first-order valence-electron chi connectivity index (χ1n) is 6.55. The van der Waals surface area contributed by atoms with E-state index in [0.717, 1.165) is 28.0 Å². The summed E-state index contributed by atoms with van der Waals surface area (Å²) in [7, 11) is 0. The Labute approximate surface area is 131 Å². The van der Waals surface area contributed by atoms with Gasteiger partial charge in [-0.3, -0.25) is 0 Å². The van der Waals surface area contributed by atoms with E-state index >= 15 is 0 Å². The van der Waals surface area contributed by atoms with E-state index in [1.54, 1.807) is 11.0 Å². The van der Waals surface area contributed by atoms with Crippen LogP contribution in [0.15, 0.2) is 53.3 Å². The van der Waals surface area contributed by atoms with E-state index in [0.29, 0.717) is 0 Å². The van der Waals surface area contributed by atoms with Gasteiger partial charge in [0.05, 0.1) is 5.69 Å². The zero-order valence-electron chi connectivity index (χ0n) is 11.5. The number of tetrazole rings is 1. The Bertz CT molecular complexity index is 740. The predicted octanol–water partition coefficient (Wildman–Crippen LogP) is 3.35. The lowest BCUT2D eigenvalue weighted by atomic mass is 10.1. The summed E-state index contributed by atoms with van der Waals surface area (Å²) in [6.45, 7) is 2.80. The molecule has 3 rings (SSSR count). The highest BCUT2D eigenvalue weighted by Gasteiger charge is 2.04. The fourth-order valence-electron chi connectivity index (χ4n) is 2.09. The molecule has 0 aliphatic heterocycles. The first kappa shape index (κ1) is 13.8. The Morgan fingerprint density at radius 1 is 1.19 bits per heavy atom. The predicted molar refractivity (Wildman–Crippen MR) is 85.4 cm³/mol. The molecule has 0 amide bonds. The van der Waals surface area contributed by atoms with Gasteiger partial charge < -0.3 is 5.32 Å². The summed E-state index contributed by atoms with van der Waals surface area (Å²) >= 11 is 3.48. The first-order valence-corrected chi connectivity index (χ1v) is 7.34. The second-order valence-electron chi connectivity index (χ2n) is 4.74. The molecule has 21 heavy (non-hydrogen) atoms. The second-order valence-corrected chi connectivity index (χ2v) is 5.65. The van der Waals surface area contributed by atoms with Crippen molar-refractivity contribution in [3.8, 4) is 5.69 Å². The lowest BCUT2D eigenvalue weighted by Gasteiger charge is -2.10. The van der Waals surface area contributed by atoms with Crippen LogP contribution in [0.3, 0.4) is 0 Å². The van der Waals surface area contributed by atoms with Crippen molar-refractivity contribution in [2.24, 2.45) is 0 Å². The Kier molecular flexibility index (Phi) is 3.96. The molecule has 2 aromatic carbocycles. The van der Waals surface area contributed by atoms with Gasteiger partial charge in [-0.1, -0.05) is 34.1 Å². The molecule has 0 spiro atoms. The topological polar surface area (TPSA) is 55.6 Å². The highest BCUT2D eigenvalue weighted by Crippen LogP contribution is 2.19. The number of aryl methyl sites for hydroxylation is 1. The van der Waals surface area contributed by atoms with Gasteiger partial charge >= 0.3 is 0 Å². The van der Waals surface area contributed by atoms with Gasteiger partial charge in [0.25, 0.3) is 0 Å². The summed E-state index contributed by atoms with van der Waals surface area (Å²) in [4.78, 5) is 0. The molecule has 0 atom stereocenters. The van der Waals surface area contributed by atoms with Gasteiger partial charge in [0, 0.05) is 16.7 Å². The summed E-state index contributed by atoms with van der Waals surface area (Å²) in [5.41, 5.74) is 4.34. The quantitative estimate of drug-likeness (QED) is 0.789. The molecule has 0 bridgehead atoms. The molecule has 1 N–H and O–H groups in total. The van der Waals surface area contributed by atoms with Crippen LogP contribution >= 0.6 is 15.9 Å². The molecule has 3 aromatic rings. The highest BCUT2D eigenvalue weighted by molar-refractivity contribution is 9.10. The van der Waals surface area contributed by atoms with Gasteiger partial charge in [0.2, 0.25) is 0 Å². The molecule has 1 heterocycles. The Morgan fingerprint density at radius 3 is 2.86 bits per heavy atom. The lowest BCUT2D eigenvalue weighted by molar-refractivity contribution is 0.785. The van der Waals surface area contributed by atoms with Gasteiger partial charge in [-0.15, -0.1) is 5.10 Å². The smallest absolute Gasteiger partial charge is 0.143 e. The molecule has 1 aromatic heterocycles. The molecule has 6 heteroatoms. The van der Waals surface area contributed by atoms with E-state index in [1.165, 1.54) is 5.56 Å². The van der Waals surface area contributed by atoms with Gasteiger partial charge in [-0.05, 0) is 52.7 Å². The minimum atomic E-state index is 0.761. The number of anilines is 1. The van der Waals surface area contributed by atoms with Crippen LogP contribution in [-0.2, 0) is 6.54 Å². The Morgan fingerprint density at radius 2 is 2.10 bits per heavy atom. The van der Waals surface area contributed by atoms with Gasteiger partial charge in [0.15, 0.2) is 0 Å². The van der Waals surface area contributed by atoms with Crippen LogP contribution in [0.5, 0.6) is 0 Å². The van der Waals surface area contributed by atoms with E-state index < -0.39 is 0 Å². The summed E-state index contributed by atoms with van der Waals surface area (Å²) in [5, 5.41) is 14.7. The van der Waals surface area contributed by atoms with E-state index in [4.69, 9.17) is 0 Å². The number of halogens is 1. The Balaban J connectivity index is 1.79. The third-order valence-corrected chi connectivity index (χ3v) is 3.68. The van der Waals surface area contributed by atoms with Gasteiger partial charge in [-0.25, -0.2) is 4.68 Å². The van der Waals surface area contributed by atoms with Gasteiger partial charge in [0.1, 0.15) is 6.33 Å². The van der Waals surface area contributed by atoms with Crippen molar-refractivity contribution in [2.45, 2.75) is 13.5 Å². The normalized spacial score (nSPS) is 10.6. The maximum absolute atomic E-state index is 3.94. The van der Waals surface area contributed by atoms with Crippen molar-refractivity contribution < 1.29 is 0 Å². The van der Waals surface area contributed by atoms with Gasteiger partial charge in [-0.2, -0.15) is 0 Å². The fourth-order valence-corrected chi connectivity index (χ4v) is 2.54. The standard InChI is InChI=1S/C15H14BrN5/c1-11-5-6-14(8-15(11)21-10-18-19-20-21)17-9-12-3-2-4-13(16)7-12/h2-8,10,17H,9H2,1H3. The van der Waals surface area contributed by atoms with Crippen molar-refractivity contribution in [3.05, 3.63) is 64.4 Å². The molecule has 0 unspecified atom stereocenters. The molecule has 0 aliphatic rings. The summed E-state index contributed by atoms with van der Waals surface area (Å²) in [5.74, 6) is 0. The third kappa shape index (κ3) is 3.28. The van der Waals surface area contributed by atoms with Crippen molar-refractivity contribution in [3.63, 3.8) is 0 Å². The number of hydrogen-bond acceptors (Lipinski definition) is 4. The highest BCUT2D eigenvalue weighted by atomic mass is 79.9. The minimum Gasteiger partial charge on any atom is -0.381 e. The Hall–Kier alpha value is -2.21. The lowest BCUT2D eigenvalue weighted by Crippen LogP contribution is -2.03. The zero-order chi connectivity index (χ0) is 14.7. The molecule has 5 nitrogen and oxygen atoms in total. The monoisotopic (exact) mass is 343 g/mol. The number of rotatable bonds is 4. The van der Waals surface area contributed by atoms with Crippen LogP contribution in [0.25, 0.3) is 5.69 Å². The van der Waals surface area contributed by atoms with Crippen molar-refractivity contribution >= 4 is 21.6 Å². The number of hydrogen-bond donors (Lipinski definition) is 1. The molecule has 0 saturated heterocycles. The van der Waals surface area contributed by atoms with Crippen LogP contribution in [0.2, 0.25) is 0 Å². The summed E-state index contributed by atoms with van der Waals surface area (Å²) in [6, 6.07) is 14.4. The third-order valence-electron chi connectivity index (χ3n) is 3.19. The molecule has 0 fully saturated rings. The maximum Gasteiger partial charge on any atom is 0.143 e. The van der Waals surface area contributed by atoms with Crippen LogP contribution in [-0.4, -0.2) is 20.2 Å². The van der Waals surface area contributed by atoms with Crippen molar-refractivity contribution in [1.82, 2.24) is 20.2 Å². The number of nitrogens with zero attached hydrogens (tertiary/aromatic N) is 4. The van der Waals surface area contributed by atoms with Crippen molar-refractivity contribution in [1.29, 1.82) is 0 Å². The van der Waals surface area contributed by atoms with E-state index in [9.17, 15) is 0 Å². The van der Waals surface area contributed by atoms with Crippen LogP contribution in [0, 0.1) is 6.92 Å². The molecular formula is C15H14BrN5. The first-order chi connectivity index (χ1) is 10.2. The molecule has 0 saturated carbocycles. The minimum absolute atomic E-state index is 0.761. The molecule has 106 valence electrons. The number of nitrogens with one attached hydrogen (secondary N) is 1. The fraction of sp³-hybridized carbons (Fsp3) is 0.133. The van der Waals surface area contributed by atoms with E-state index in [-0.39, 0.29) is 0 Å². The SMILES string of the molecule is Cc1ccc(NCc2cccc(Br)c2)cc1-n1cnnn1. The van der Waals surface area contributed by atoms with Crippen LogP contribution in [0.4, 0.5) is 5.69 Å². The second kappa shape index (κ2) is 6.05. The number of benzene rings is 2. The van der Waals surface area contributed by atoms with E-state index in [2.05, 4.69) is 61.0 Å². The molecule has 0 radical (unpaired) electrons. The maximum atomic E-state index is 3.94. The molecular weight excluding hydrogens is 330 g/mol. The number of aromatic nitrogens is 4. The summed E-state index contributed by atoms with van der Waals surface area (Å²) in [6.07, 6.45) is 1.60. The van der Waals surface area contributed by atoms with Crippen molar-refractivity contribution in [2.75, 3.05) is 5.32 Å². The average Bonchev–Trinajstić information content (AvgIpc) is 3.00. The van der Waals surface area contributed by atoms with Crippen LogP contribution in [0.1, 0.15) is 11.1 Å². The molecule has 0 aliphatic carbocycles. The largest absolute Gasteiger partial charge is 0.381 e. The van der Waals surface area contributed by atoms with Crippen LogP contribution < -0.4 is 5.32 Å². The zero-order valence-corrected chi connectivity index (χ0v) is 13.1. The average molecular weight is 344 g/mol. The van der Waals surface area contributed by atoms with E-state index in [1.807, 2.05) is 25.1 Å².